The highest BCUT2D eigenvalue weighted by Gasteiger charge is 2.19. The highest BCUT2D eigenvalue weighted by Crippen LogP contribution is 2.26. The van der Waals surface area contributed by atoms with E-state index in [2.05, 4.69) is 10.1 Å². The SMILES string of the molecule is O=C(O)c1cnc2cc(C3CCOCC3)nn2c1. The Balaban J connectivity index is 1.97. The first kappa shape index (κ1) is 11.2. The van der Waals surface area contributed by atoms with Crippen molar-refractivity contribution >= 4 is 11.6 Å². The van der Waals surface area contributed by atoms with Gasteiger partial charge in [-0.15, -0.1) is 0 Å². The zero-order chi connectivity index (χ0) is 12.5. The van der Waals surface area contributed by atoms with Crippen LogP contribution in [0.4, 0.5) is 0 Å². The normalized spacial score (nSPS) is 17.1. The molecule has 0 bridgehead atoms. The molecule has 2 aromatic heterocycles. The minimum Gasteiger partial charge on any atom is -0.478 e. The molecular weight excluding hydrogens is 234 g/mol. The van der Waals surface area contributed by atoms with Crippen molar-refractivity contribution in [2.24, 2.45) is 0 Å². The first-order valence-electron chi connectivity index (χ1n) is 5.90. The van der Waals surface area contributed by atoms with Gasteiger partial charge in [-0.05, 0) is 12.8 Å². The fourth-order valence-corrected chi connectivity index (χ4v) is 2.20. The van der Waals surface area contributed by atoms with Crippen LogP contribution < -0.4 is 0 Å². The maximum absolute atomic E-state index is 10.9. The summed E-state index contributed by atoms with van der Waals surface area (Å²) in [4.78, 5) is 15.0. The van der Waals surface area contributed by atoms with Gasteiger partial charge in [-0.3, -0.25) is 0 Å². The number of ether oxygens (including phenoxy) is 1. The zero-order valence-corrected chi connectivity index (χ0v) is 9.74. The molecular formula is C12H13N3O3. The number of carboxylic acid groups (broad SMARTS) is 1. The monoisotopic (exact) mass is 247 g/mol. The van der Waals surface area contributed by atoms with Gasteiger partial charge in [0.05, 0.1) is 11.3 Å². The quantitative estimate of drug-likeness (QED) is 0.866. The summed E-state index contributed by atoms with van der Waals surface area (Å²) in [5, 5.41) is 13.3. The van der Waals surface area contributed by atoms with Crippen LogP contribution in [0.3, 0.4) is 0 Å². The van der Waals surface area contributed by atoms with E-state index in [0.717, 1.165) is 31.7 Å². The second kappa shape index (κ2) is 4.38. The standard InChI is InChI=1S/C12H13N3O3/c16-12(17)9-6-13-11-5-10(14-15(11)7-9)8-1-3-18-4-2-8/h5-8H,1-4H2,(H,16,17). The van der Waals surface area contributed by atoms with Crippen molar-refractivity contribution in [3.8, 4) is 0 Å². The lowest BCUT2D eigenvalue weighted by atomic mass is 9.97. The molecule has 3 rings (SSSR count). The molecule has 1 saturated heterocycles. The Kier molecular flexibility index (Phi) is 2.71. The fraction of sp³-hybridized carbons (Fsp3) is 0.417. The van der Waals surface area contributed by atoms with Gasteiger partial charge < -0.3 is 9.84 Å². The first-order valence-corrected chi connectivity index (χ1v) is 5.90. The number of nitrogens with zero attached hydrogens (tertiary/aromatic N) is 3. The van der Waals surface area contributed by atoms with E-state index in [4.69, 9.17) is 9.84 Å². The summed E-state index contributed by atoms with van der Waals surface area (Å²) < 4.78 is 6.85. The van der Waals surface area contributed by atoms with Crippen LogP contribution in [0.1, 0.15) is 34.8 Å². The Morgan fingerprint density at radius 2 is 2.22 bits per heavy atom. The molecule has 0 aromatic carbocycles. The molecule has 0 spiro atoms. The van der Waals surface area contributed by atoms with E-state index in [-0.39, 0.29) is 5.56 Å². The second-order valence-electron chi connectivity index (χ2n) is 4.41. The molecule has 3 heterocycles. The van der Waals surface area contributed by atoms with Crippen molar-refractivity contribution in [2.45, 2.75) is 18.8 Å². The predicted octanol–water partition coefficient (Wildman–Crippen LogP) is 1.32. The zero-order valence-electron chi connectivity index (χ0n) is 9.74. The van der Waals surface area contributed by atoms with Crippen LogP contribution >= 0.6 is 0 Å². The summed E-state index contributed by atoms with van der Waals surface area (Å²) in [5.41, 5.74) is 1.79. The molecule has 0 radical (unpaired) electrons. The average Bonchev–Trinajstić information content (AvgIpc) is 2.82. The van der Waals surface area contributed by atoms with Crippen LogP contribution in [-0.4, -0.2) is 38.9 Å². The van der Waals surface area contributed by atoms with E-state index in [0.29, 0.717) is 11.6 Å². The Bertz CT molecular complexity index is 587. The number of hydrogen-bond acceptors (Lipinski definition) is 4. The average molecular weight is 247 g/mol. The van der Waals surface area contributed by atoms with Crippen molar-refractivity contribution in [1.82, 2.24) is 14.6 Å². The van der Waals surface area contributed by atoms with Crippen LogP contribution in [0.5, 0.6) is 0 Å². The van der Waals surface area contributed by atoms with Crippen molar-refractivity contribution in [3.63, 3.8) is 0 Å². The lowest BCUT2D eigenvalue weighted by Crippen LogP contribution is -2.14. The minimum absolute atomic E-state index is 0.143. The number of aromatic carboxylic acids is 1. The highest BCUT2D eigenvalue weighted by atomic mass is 16.5. The van der Waals surface area contributed by atoms with Crippen molar-refractivity contribution in [3.05, 3.63) is 29.7 Å². The molecule has 1 fully saturated rings. The Labute approximate surface area is 103 Å². The second-order valence-corrected chi connectivity index (χ2v) is 4.41. The molecule has 1 N–H and O–H groups in total. The van der Waals surface area contributed by atoms with Crippen molar-refractivity contribution in [2.75, 3.05) is 13.2 Å². The summed E-state index contributed by atoms with van der Waals surface area (Å²) in [5.74, 6) is -0.610. The van der Waals surface area contributed by atoms with Crippen molar-refractivity contribution < 1.29 is 14.6 Å². The van der Waals surface area contributed by atoms with Crippen LogP contribution in [0.2, 0.25) is 0 Å². The Morgan fingerprint density at radius 3 is 2.94 bits per heavy atom. The highest BCUT2D eigenvalue weighted by molar-refractivity contribution is 5.87. The number of carbonyl (C=O) groups is 1. The molecule has 0 atom stereocenters. The smallest absolute Gasteiger partial charge is 0.338 e. The third-order valence-corrected chi connectivity index (χ3v) is 3.22. The molecule has 6 nitrogen and oxygen atoms in total. The third kappa shape index (κ3) is 1.95. The van der Waals surface area contributed by atoms with Gasteiger partial charge in [-0.2, -0.15) is 5.10 Å². The van der Waals surface area contributed by atoms with Gasteiger partial charge in [-0.1, -0.05) is 0 Å². The van der Waals surface area contributed by atoms with Crippen LogP contribution in [-0.2, 0) is 4.74 Å². The van der Waals surface area contributed by atoms with Gasteiger partial charge in [0.2, 0.25) is 0 Å². The maximum Gasteiger partial charge on any atom is 0.338 e. The first-order chi connectivity index (χ1) is 8.74. The van der Waals surface area contributed by atoms with E-state index in [9.17, 15) is 4.79 Å². The molecule has 94 valence electrons. The predicted molar refractivity (Wildman–Crippen MR) is 62.7 cm³/mol. The maximum atomic E-state index is 10.9. The molecule has 0 amide bonds. The van der Waals surface area contributed by atoms with Gasteiger partial charge in [0.1, 0.15) is 0 Å². The molecule has 0 aliphatic carbocycles. The minimum atomic E-state index is -0.993. The van der Waals surface area contributed by atoms with Gasteiger partial charge in [0.25, 0.3) is 0 Å². The van der Waals surface area contributed by atoms with E-state index in [1.54, 1.807) is 0 Å². The van der Waals surface area contributed by atoms with Crippen LogP contribution in [0.25, 0.3) is 5.65 Å². The van der Waals surface area contributed by atoms with E-state index in [1.807, 2.05) is 6.07 Å². The molecule has 0 saturated carbocycles. The lowest BCUT2D eigenvalue weighted by molar-refractivity contribution is 0.0695. The van der Waals surface area contributed by atoms with E-state index >= 15 is 0 Å². The summed E-state index contributed by atoms with van der Waals surface area (Å²) in [6.45, 7) is 1.51. The molecule has 2 aromatic rings. The largest absolute Gasteiger partial charge is 0.478 e. The number of hydrogen-bond donors (Lipinski definition) is 1. The molecule has 18 heavy (non-hydrogen) atoms. The molecule has 1 aliphatic heterocycles. The van der Waals surface area contributed by atoms with Gasteiger partial charge in [0.15, 0.2) is 5.65 Å². The summed E-state index contributed by atoms with van der Waals surface area (Å²) in [7, 11) is 0. The van der Waals surface area contributed by atoms with Crippen LogP contribution in [0, 0.1) is 0 Å². The Hall–Kier alpha value is -1.95. The molecule has 0 unspecified atom stereocenters. The van der Waals surface area contributed by atoms with Gasteiger partial charge in [0, 0.05) is 37.6 Å². The number of carboxylic acids is 1. The van der Waals surface area contributed by atoms with Crippen molar-refractivity contribution in [1.29, 1.82) is 0 Å². The number of aromatic nitrogens is 3. The number of fused-ring (bicyclic) bond motifs is 1. The Morgan fingerprint density at radius 1 is 1.44 bits per heavy atom. The topological polar surface area (TPSA) is 76.7 Å². The van der Waals surface area contributed by atoms with Gasteiger partial charge in [-0.25, -0.2) is 14.3 Å². The third-order valence-electron chi connectivity index (χ3n) is 3.22. The molecule has 1 aliphatic rings. The summed E-state index contributed by atoms with van der Waals surface area (Å²) >= 11 is 0. The lowest BCUT2D eigenvalue weighted by Gasteiger charge is -2.19. The summed E-state index contributed by atoms with van der Waals surface area (Å²) in [6.07, 6.45) is 4.76. The number of rotatable bonds is 2. The summed E-state index contributed by atoms with van der Waals surface area (Å²) in [6, 6.07) is 1.92. The van der Waals surface area contributed by atoms with Gasteiger partial charge >= 0.3 is 5.97 Å². The van der Waals surface area contributed by atoms with Crippen LogP contribution in [0.15, 0.2) is 18.5 Å². The molecule has 6 heteroatoms. The van der Waals surface area contributed by atoms with E-state index < -0.39 is 5.97 Å². The van der Waals surface area contributed by atoms with E-state index in [1.165, 1.54) is 16.9 Å². The fourth-order valence-electron chi connectivity index (χ4n) is 2.20.